The molecule has 2 rings (SSSR count). The van der Waals surface area contributed by atoms with E-state index >= 15 is 0 Å². The van der Waals surface area contributed by atoms with Gasteiger partial charge in [0.05, 0.1) is 39.6 Å². The van der Waals surface area contributed by atoms with Crippen LogP contribution in [0.3, 0.4) is 0 Å². The fourth-order valence-corrected chi connectivity index (χ4v) is 3.15. The molecule has 0 unspecified atom stereocenters. The molecule has 31 heavy (non-hydrogen) atoms. The maximum atomic E-state index is 12.4. The van der Waals surface area contributed by atoms with E-state index in [9.17, 15) is 9.59 Å². The second-order valence-electron chi connectivity index (χ2n) is 6.65. The third kappa shape index (κ3) is 6.28. The molecule has 0 spiro atoms. The molecule has 0 bridgehead atoms. The number of unbranched alkanes of at least 4 members (excludes halogenated alkanes) is 2. The van der Waals surface area contributed by atoms with Gasteiger partial charge in [-0.2, -0.15) is 0 Å². The van der Waals surface area contributed by atoms with Gasteiger partial charge in [-0.1, -0.05) is 12.1 Å². The summed E-state index contributed by atoms with van der Waals surface area (Å²) in [7, 11) is 6.07. The van der Waals surface area contributed by atoms with E-state index in [4.69, 9.17) is 18.9 Å². The monoisotopic (exact) mass is 430 g/mol. The van der Waals surface area contributed by atoms with E-state index in [0.717, 1.165) is 19.3 Å². The highest BCUT2D eigenvalue weighted by Gasteiger charge is 2.17. The summed E-state index contributed by atoms with van der Waals surface area (Å²) < 4.78 is 21.0. The van der Waals surface area contributed by atoms with Crippen LogP contribution in [0.25, 0.3) is 0 Å². The van der Waals surface area contributed by atoms with E-state index in [-0.39, 0.29) is 11.8 Å². The smallest absolute Gasteiger partial charge is 0.255 e. The van der Waals surface area contributed by atoms with E-state index in [0.29, 0.717) is 47.2 Å². The van der Waals surface area contributed by atoms with Crippen molar-refractivity contribution in [3.05, 3.63) is 47.5 Å². The number of nitrogens with one attached hydrogen (secondary N) is 2. The molecule has 0 aliphatic heterocycles. The summed E-state index contributed by atoms with van der Waals surface area (Å²) in [5.74, 6) is 1.43. The summed E-state index contributed by atoms with van der Waals surface area (Å²) in [5, 5.41) is 5.77. The first-order chi connectivity index (χ1) is 15.1. The molecule has 168 valence electrons. The van der Waals surface area contributed by atoms with Crippen LogP contribution < -0.4 is 29.6 Å². The number of ether oxygens (including phenoxy) is 4. The lowest BCUT2D eigenvalue weighted by Gasteiger charge is -2.13. The second kappa shape index (κ2) is 12.3. The Morgan fingerprint density at radius 2 is 1.06 bits per heavy atom. The molecule has 0 saturated carbocycles. The molecule has 0 aliphatic rings. The van der Waals surface area contributed by atoms with Gasteiger partial charge in [0, 0.05) is 13.1 Å². The first kappa shape index (κ1) is 23.9. The van der Waals surface area contributed by atoms with Crippen LogP contribution in [0.2, 0.25) is 0 Å². The second-order valence-corrected chi connectivity index (χ2v) is 6.65. The lowest BCUT2D eigenvalue weighted by atomic mass is 10.1. The highest BCUT2D eigenvalue weighted by atomic mass is 16.5. The third-order valence-electron chi connectivity index (χ3n) is 4.72. The maximum absolute atomic E-state index is 12.4. The van der Waals surface area contributed by atoms with Gasteiger partial charge in [-0.15, -0.1) is 0 Å². The zero-order valence-corrected chi connectivity index (χ0v) is 18.4. The molecule has 0 fully saturated rings. The van der Waals surface area contributed by atoms with Crippen molar-refractivity contribution in [1.82, 2.24) is 10.6 Å². The number of methoxy groups -OCH3 is 4. The maximum Gasteiger partial charge on any atom is 0.255 e. The fourth-order valence-electron chi connectivity index (χ4n) is 3.15. The van der Waals surface area contributed by atoms with Crippen LogP contribution in [0.4, 0.5) is 0 Å². The van der Waals surface area contributed by atoms with Crippen LogP contribution in [-0.2, 0) is 0 Å². The first-order valence-electron chi connectivity index (χ1n) is 10.1. The zero-order valence-electron chi connectivity index (χ0n) is 18.4. The molecule has 8 nitrogen and oxygen atoms in total. The quantitative estimate of drug-likeness (QED) is 0.503. The summed E-state index contributed by atoms with van der Waals surface area (Å²) in [4.78, 5) is 24.8. The predicted molar refractivity (Wildman–Crippen MR) is 118 cm³/mol. The van der Waals surface area contributed by atoms with E-state index in [1.165, 1.54) is 28.4 Å². The highest BCUT2D eigenvalue weighted by Crippen LogP contribution is 2.31. The van der Waals surface area contributed by atoms with Crippen LogP contribution >= 0.6 is 0 Å². The molecule has 0 aromatic heterocycles. The van der Waals surface area contributed by atoms with Crippen LogP contribution in [-0.4, -0.2) is 53.3 Å². The number of amides is 2. The number of hydrogen-bond acceptors (Lipinski definition) is 6. The number of hydrogen-bond donors (Lipinski definition) is 2. The van der Waals surface area contributed by atoms with Crippen LogP contribution in [0, 0.1) is 0 Å². The first-order valence-corrected chi connectivity index (χ1v) is 10.1. The Morgan fingerprint density at radius 1 is 0.645 bits per heavy atom. The average molecular weight is 431 g/mol. The molecule has 8 heteroatoms. The largest absolute Gasteiger partial charge is 0.493 e. The number of rotatable bonds is 12. The lowest BCUT2D eigenvalue weighted by molar-refractivity contribution is 0.0943. The Morgan fingerprint density at radius 3 is 1.42 bits per heavy atom. The molecule has 0 radical (unpaired) electrons. The summed E-state index contributed by atoms with van der Waals surface area (Å²) >= 11 is 0. The van der Waals surface area contributed by atoms with Crippen molar-refractivity contribution in [3.8, 4) is 23.0 Å². The van der Waals surface area contributed by atoms with E-state index < -0.39 is 0 Å². The topological polar surface area (TPSA) is 95.1 Å². The third-order valence-corrected chi connectivity index (χ3v) is 4.72. The summed E-state index contributed by atoms with van der Waals surface area (Å²) in [6.45, 7) is 1.05. The molecule has 2 aromatic carbocycles. The van der Waals surface area contributed by atoms with Crippen LogP contribution in [0.15, 0.2) is 36.4 Å². The number of para-hydroxylation sites is 2. The Balaban J connectivity index is 1.73. The Bertz CT molecular complexity index is 813. The lowest BCUT2D eigenvalue weighted by Crippen LogP contribution is -2.26. The Hall–Kier alpha value is -3.42. The fraction of sp³-hybridized carbons (Fsp3) is 0.391. The van der Waals surface area contributed by atoms with Gasteiger partial charge in [-0.3, -0.25) is 9.59 Å². The minimum atomic E-state index is -0.214. The number of benzene rings is 2. The molecule has 0 atom stereocenters. The van der Waals surface area contributed by atoms with Gasteiger partial charge in [0.15, 0.2) is 23.0 Å². The van der Waals surface area contributed by atoms with Crippen molar-refractivity contribution in [3.63, 3.8) is 0 Å². The van der Waals surface area contributed by atoms with Crippen molar-refractivity contribution in [2.24, 2.45) is 0 Å². The minimum absolute atomic E-state index is 0.214. The molecule has 0 aliphatic carbocycles. The highest BCUT2D eigenvalue weighted by molar-refractivity contribution is 5.98. The molecule has 2 aromatic rings. The summed E-state index contributed by atoms with van der Waals surface area (Å²) in [6.07, 6.45) is 2.43. The van der Waals surface area contributed by atoms with Gasteiger partial charge in [0.2, 0.25) is 0 Å². The molecule has 2 amide bonds. The van der Waals surface area contributed by atoms with E-state index in [1.807, 2.05) is 0 Å². The zero-order chi connectivity index (χ0) is 22.6. The summed E-state index contributed by atoms with van der Waals surface area (Å²) in [6, 6.07) is 10.4. The van der Waals surface area contributed by atoms with Crippen molar-refractivity contribution in [2.45, 2.75) is 19.3 Å². The minimum Gasteiger partial charge on any atom is -0.493 e. The SMILES string of the molecule is COc1cccc(C(=O)NCCCCCNC(=O)c2cccc(OC)c2OC)c1OC. The van der Waals surface area contributed by atoms with Crippen LogP contribution in [0.5, 0.6) is 23.0 Å². The van der Waals surface area contributed by atoms with Gasteiger partial charge in [-0.25, -0.2) is 0 Å². The van der Waals surface area contributed by atoms with Crippen molar-refractivity contribution in [2.75, 3.05) is 41.5 Å². The number of carbonyl (C=O) groups is 2. The summed E-state index contributed by atoms with van der Waals surface area (Å²) in [5.41, 5.74) is 0.864. The van der Waals surface area contributed by atoms with Crippen molar-refractivity contribution >= 4 is 11.8 Å². The Labute approximate surface area is 182 Å². The van der Waals surface area contributed by atoms with E-state index in [1.54, 1.807) is 36.4 Å². The average Bonchev–Trinajstić information content (AvgIpc) is 2.81. The normalized spacial score (nSPS) is 10.2. The molecule has 2 N–H and O–H groups in total. The van der Waals surface area contributed by atoms with Crippen molar-refractivity contribution < 1.29 is 28.5 Å². The Kier molecular flexibility index (Phi) is 9.48. The molecular weight excluding hydrogens is 400 g/mol. The number of carbonyl (C=O) groups excluding carboxylic acids is 2. The van der Waals surface area contributed by atoms with Gasteiger partial charge in [0.25, 0.3) is 11.8 Å². The molecule has 0 heterocycles. The van der Waals surface area contributed by atoms with E-state index in [2.05, 4.69) is 10.6 Å². The van der Waals surface area contributed by atoms with Crippen LogP contribution in [0.1, 0.15) is 40.0 Å². The predicted octanol–water partition coefficient (Wildman–Crippen LogP) is 3.05. The van der Waals surface area contributed by atoms with Gasteiger partial charge in [0.1, 0.15) is 0 Å². The van der Waals surface area contributed by atoms with Gasteiger partial charge < -0.3 is 29.6 Å². The van der Waals surface area contributed by atoms with Gasteiger partial charge >= 0.3 is 0 Å². The standard InChI is InChI=1S/C23H30N2O6/c1-28-18-12-8-10-16(20(18)30-3)22(26)24-14-6-5-7-15-25-23(27)17-11-9-13-19(29-2)21(17)31-4/h8-13H,5-7,14-15H2,1-4H3,(H,24,26)(H,25,27). The molecular formula is C23H30N2O6. The van der Waals surface area contributed by atoms with Crippen molar-refractivity contribution in [1.29, 1.82) is 0 Å². The van der Waals surface area contributed by atoms with Gasteiger partial charge in [-0.05, 0) is 43.5 Å². The molecule has 0 saturated heterocycles.